The van der Waals surface area contributed by atoms with Crippen LogP contribution in [0.3, 0.4) is 0 Å². The molecule has 1 amide bonds. The second-order valence-electron chi connectivity index (χ2n) is 4.52. The summed E-state index contributed by atoms with van der Waals surface area (Å²) in [6, 6.07) is 7.79. The maximum absolute atomic E-state index is 11.6. The summed E-state index contributed by atoms with van der Waals surface area (Å²) in [5, 5.41) is 2.84. The van der Waals surface area contributed by atoms with Gasteiger partial charge in [0.1, 0.15) is 0 Å². The highest BCUT2D eigenvalue weighted by atomic mass is 32.2. The molecule has 0 saturated carbocycles. The summed E-state index contributed by atoms with van der Waals surface area (Å²) in [5.74, 6) is 0.443. The van der Waals surface area contributed by atoms with Gasteiger partial charge in [0.2, 0.25) is 5.91 Å². The Balaban J connectivity index is 2.40. The maximum Gasteiger partial charge on any atom is 0.225 e. The van der Waals surface area contributed by atoms with E-state index in [1.165, 1.54) is 18.7 Å². The summed E-state index contributed by atoms with van der Waals surface area (Å²) in [6.07, 6.45) is 1.16. The Hall–Kier alpha value is -1.33. The van der Waals surface area contributed by atoms with Crippen LogP contribution in [-0.2, 0) is 16.0 Å². The molecule has 0 fully saturated rings. The first kappa shape index (κ1) is 15.7. The van der Waals surface area contributed by atoms with Crippen LogP contribution in [-0.4, -0.2) is 22.8 Å². The van der Waals surface area contributed by atoms with E-state index in [9.17, 15) is 9.59 Å². The molecule has 0 saturated heterocycles. The highest BCUT2D eigenvalue weighted by Crippen LogP contribution is 2.12. The predicted octanol–water partition coefficient (Wildman–Crippen LogP) is 2.18. The molecule has 1 aromatic carbocycles. The number of carbonyl (C=O) groups is 2. The molecule has 1 unspecified atom stereocenters. The van der Waals surface area contributed by atoms with Gasteiger partial charge >= 0.3 is 0 Å². The van der Waals surface area contributed by atoms with Crippen molar-refractivity contribution < 1.29 is 9.59 Å². The van der Waals surface area contributed by atoms with Crippen molar-refractivity contribution in [2.75, 3.05) is 11.1 Å². The molecule has 3 N–H and O–H groups in total. The van der Waals surface area contributed by atoms with Crippen LogP contribution >= 0.6 is 11.8 Å². The molecular formula is C14H20N2O2S. The third kappa shape index (κ3) is 6.98. The molecule has 0 radical (unpaired) electrons. The van der Waals surface area contributed by atoms with Gasteiger partial charge in [-0.05, 0) is 31.0 Å². The van der Waals surface area contributed by atoms with Gasteiger partial charge in [0.05, 0.1) is 0 Å². The summed E-state index contributed by atoms with van der Waals surface area (Å²) >= 11 is 1.17. The molecule has 0 aliphatic rings. The van der Waals surface area contributed by atoms with E-state index in [-0.39, 0.29) is 17.1 Å². The van der Waals surface area contributed by atoms with E-state index >= 15 is 0 Å². The molecular weight excluding hydrogens is 260 g/mol. The molecule has 1 atom stereocenters. The Morgan fingerprint density at radius 2 is 1.95 bits per heavy atom. The number of amides is 1. The minimum absolute atomic E-state index is 0.0352. The second-order valence-corrected chi connectivity index (χ2v) is 5.79. The Bertz CT molecular complexity index is 430. The first-order valence-electron chi connectivity index (χ1n) is 6.25. The molecule has 0 aromatic heterocycles. The highest BCUT2D eigenvalue weighted by molar-refractivity contribution is 8.13. The maximum atomic E-state index is 11.6. The smallest absolute Gasteiger partial charge is 0.225 e. The third-order valence-electron chi connectivity index (χ3n) is 2.43. The van der Waals surface area contributed by atoms with Gasteiger partial charge in [0.15, 0.2) is 5.12 Å². The molecule has 0 aliphatic carbocycles. The molecule has 1 rings (SSSR count). The lowest BCUT2D eigenvalue weighted by atomic mass is 10.1. The third-order valence-corrected chi connectivity index (χ3v) is 3.24. The lowest BCUT2D eigenvalue weighted by Gasteiger charge is -2.08. The van der Waals surface area contributed by atoms with Gasteiger partial charge in [-0.3, -0.25) is 9.59 Å². The van der Waals surface area contributed by atoms with Crippen molar-refractivity contribution in [1.29, 1.82) is 0 Å². The van der Waals surface area contributed by atoms with Gasteiger partial charge in [0, 0.05) is 30.8 Å². The first-order chi connectivity index (χ1) is 8.97. The van der Waals surface area contributed by atoms with E-state index in [1.807, 2.05) is 31.2 Å². The average Bonchev–Trinajstić information content (AvgIpc) is 2.30. The van der Waals surface area contributed by atoms with Crippen LogP contribution in [0, 0.1) is 0 Å². The Labute approximate surface area is 118 Å². The molecule has 0 aliphatic heterocycles. The topological polar surface area (TPSA) is 72.2 Å². The summed E-state index contributed by atoms with van der Waals surface area (Å²) in [7, 11) is 0. The number of anilines is 1. The van der Waals surface area contributed by atoms with Crippen LogP contribution in [0.15, 0.2) is 24.3 Å². The average molecular weight is 280 g/mol. The summed E-state index contributed by atoms with van der Waals surface area (Å²) in [5.41, 5.74) is 7.65. The SMILES string of the molecule is CC(=O)SCCC(=O)Nc1ccc(CC(C)N)cc1. The van der Waals surface area contributed by atoms with Gasteiger partial charge in [-0.2, -0.15) is 0 Å². The van der Waals surface area contributed by atoms with Crippen LogP contribution in [0.5, 0.6) is 0 Å². The van der Waals surface area contributed by atoms with Crippen molar-refractivity contribution in [3.63, 3.8) is 0 Å². The van der Waals surface area contributed by atoms with E-state index in [1.54, 1.807) is 0 Å². The Morgan fingerprint density at radius 3 is 2.47 bits per heavy atom. The number of nitrogens with one attached hydrogen (secondary N) is 1. The van der Waals surface area contributed by atoms with Gasteiger partial charge in [-0.25, -0.2) is 0 Å². The fourth-order valence-electron chi connectivity index (χ4n) is 1.61. The lowest BCUT2D eigenvalue weighted by molar-refractivity contribution is -0.115. The lowest BCUT2D eigenvalue weighted by Crippen LogP contribution is -2.17. The van der Waals surface area contributed by atoms with Crippen LogP contribution < -0.4 is 11.1 Å². The van der Waals surface area contributed by atoms with Crippen molar-refractivity contribution in [2.45, 2.75) is 32.7 Å². The number of benzene rings is 1. The fourth-order valence-corrected chi connectivity index (χ4v) is 2.18. The molecule has 19 heavy (non-hydrogen) atoms. The number of nitrogens with two attached hydrogens (primary N) is 1. The van der Waals surface area contributed by atoms with Gasteiger partial charge in [-0.15, -0.1) is 0 Å². The Kier molecular flexibility index (Phi) is 6.59. The molecule has 0 spiro atoms. The molecule has 0 heterocycles. The number of carbonyl (C=O) groups excluding carboxylic acids is 2. The first-order valence-corrected chi connectivity index (χ1v) is 7.23. The largest absolute Gasteiger partial charge is 0.328 e. The number of hydrogen-bond donors (Lipinski definition) is 2. The summed E-state index contributed by atoms with van der Waals surface area (Å²) in [6.45, 7) is 3.46. The van der Waals surface area contributed by atoms with Crippen LogP contribution in [0.2, 0.25) is 0 Å². The minimum Gasteiger partial charge on any atom is -0.328 e. The quantitative estimate of drug-likeness (QED) is 0.838. The van der Waals surface area contributed by atoms with Crippen LogP contribution in [0.4, 0.5) is 5.69 Å². The fraction of sp³-hybridized carbons (Fsp3) is 0.429. The molecule has 104 valence electrons. The predicted molar refractivity (Wildman–Crippen MR) is 80.2 cm³/mol. The standard InChI is InChI=1S/C14H20N2O2S/c1-10(15)9-12-3-5-13(6-4-12)16-14(18)7-8-19-11(2)17/h3-6,10H,7-9,15H2,1-2H3,(H,16,18). The van der Waals surface area contributed by atoms with E-state index < -0.39 is 0 Å². The van der Waals surface area contributed by atoms with E-state index in [2.05, 4.69) is 5.32 Å². The van der Waals surface area contributed by atoms with Crippen molar-refractivity contribution >= 4 is 28.5 Å². The zero-order valence-corrected chi connectivity index (χ0v) is 12.1. The van der Waals surface area contributed by atoms with E-state index in [0.29, 0.717) is 12.2 Å². The summed E-state index contributed by atoms with van der Waals surface area (Å²) < 4.78 is 0. The van der Waals surface area contributed by atoms with Crippen molar-refractivity contribution in [3.05, 3.63) is 29.8 Å². The van der Waals surface area contributed by atoms with Crippen molar-refractivity contribution in [3.8, 4) is 0 Å². The number of thioether (sulfide) groups is 1. The van der Waals surface area contributed by atoms with Gasteiger partial charge < -0.3 is 11.1 Å². The molecule has 1 aromatic rings. The van der Waals surface area contributed by atoms with Crippen molar-refractivity contribution in [1.82, 2.24) is 0 Å². The number of hydrogen-bond acceptors (Lipinski definition) is 4. The monoisotopic (exact) mass is 280 g/mol. The normalized spacial score (nSPS) is 11.9. The molecule has 0 bridgehead atoms. The van der Waals surface area contributed by atoms with Crippen molar-refractivity contribution in [2.24, 2.45) is 5.73 Å². The van der Waals surface area contributed by atoms with Gasteiger partial charge in [-0.1, -0.05) is 23.9 Å². The van der Waals surface area contributed by atoms with E-state index in [4.69, 9.17) is 5.73 Å². The minimum atomic E-state index is -0.0753. The van der Waals surface area contributed by atoms with E-state index in [0.717, 1.165) is 17.7 Å². The van der Waals surface area contributed by atoms with Gasteiger partial charge in [0.25, 0.3) is 0 Å². The number of rotatable bonds is 6. The zero-order chi connectivity index (χ0) is 14.3. The van der Waals surface area contributed by atoms with Crippen LogP contribution in [0.25, 0.3) is 0 Å². The summed E-state index contributed by atoms with van der Waals surface area (Å²) in [4.78, 5) is 22.3. The Morgan fingerprint density at radius 1 is 1.32 bits per heavy atom. The molecule has 5 heteroatoms. The zero-order valence-electron chi connectivity index (χ0n) is 11.3. The second kappa shape index (κ2) is 7.96. The highest BCUT2D eigenvalue weighted by Gasteiger charge is 2.04. The van der Waals surface area contributed by atoms with Crippen LogP contribution in [0.1, 0.15) is 25.8 Å². The molecule has 4 nitrogen and oxygen atoms in total.